The number of unbranched alkanes of at least 4 members (excludes halogenated alkanes) is 4. The van der Waals surface area contributed by atoms with Crippen LogP contribution in [0.25, 0.3) is 0 Å². The van der Waals surface area contributed by atoms with Crippen LogP contribution < -0.4 is 0 Å². The van der Waals surface area contributed by atoms with Crippen LogP contribution in [-0.4, -0.2) is 16.6 Å². The van der Waals surface area contributed by atoms with Crippen molar-refractivity contribution in [3.63, 3.8) is 0 Å². The molecular weight excluding hydrogens is 248 g/mol. The number of rotatable bonds is 13. The van der Waals surface area contributed by atoms with Crippen LogP contribution in [0.1, 0.15) is 79.1 Å². The van der Waals surface area contributed by atoms with Gasteiger partial charge in [-0.2, -0.15) is 0 Å². The van der Waals surface area contributed by atoms with E-state index in [0.717, 1.165) is 0 Å². The van der Waals surface area contributed by atoms with Crippen molar-refractivity contribution in [2.75, 3.05) is 0 Å². The van der Waals surface area contributed by atoms with Gasteiger partial charge in [-0.05, 0) is 0 Å². The van der Waals surface area contributed by atoms with Crippen molar-refractivity contribution in [2.24, 2.45) is 0 Å². The van der Waals surface area contributed by atoms with Crippen LogP contribution in [0.15, 0.2) is 0 Å². The Bertz CT molecular complexity index is 147. The minimum Gasteiger partial charge on any atom is -0.0654 e. The maximum Gasteiger partial charge on any atom is 0.0418 e. The summed E-state index contributed by atoms with van der Waals surface area (Å²) in [5.74, 6) is 0. The van der Waals surface area contributed by atoms with E-state index in [9.17, 15) is 0 Å². The monoisotopic (exact) mass is 284 g/mol. The van der Waals surface area contributed by atoms with E-state index in [-0.39, 0.29) is 0 Å². The minimum absolute atomic E-state index is 0.868. The van der Waals surface area contributed by atoms with Gasteiger partial charge in [-0.3, -0.25) is 0 Å². The van der Waals surface area contributed by atoms with Gasteiger partial charge < -0.3 is 0 Å². The lowest BCUT2D eigenvalue weighted by Crippen LogP contribution is -2.41. The van der Waals surface area contributed by atoms with E-state index in [0.29, 0.717) is 0 Å². The molecule has 0 fully saturated rings. The zero-order valence-corrected chi connectivity index (χ0v) is 15.5. The van der Waals surface area contributed by atoms with Crippen LogP contribution in [0, 0.1) is 0 Å². The third-order valence-corrected chi connectivity index (χ3v) is 14.6. The van der Waals surface area contributed by atoms with Crippen molar-refractivity contribution in [2.45, 2.75) is 103 Å². The molecule has 0 saturated carbocycles. The third-order valence-electron chi connectivity index (χ3n) is 4.06. The summed E-state index contributed by atoms with van der Waals surface area (Å²) < 4.78 is 0. The van der Waals surface area contributed by atoms with Crippen molar-refractivity contribution in [3.8, 4) is 0 Å². The third kappa shape index (κ3) is 8.52. The van der Waals surface area contributed by atoms with Crippen molar-refractivity contribution in [1.82, 2.24) is 0 Å². The van der Waals surface area contributed by atoms with Crippen molar-refractivity contribution in [3.05, 3.63) is 0 Å². The fourth-order valence-electron chi connectivity index (χ4n) is 2.72. The highest BCUT2D eigenvalue weighted by Crippen LogP contribution is 2.28. The Morgan fingerprint density at radius 3 is 1.33 bits per heavy atom. The van der Waals surface area contributed by atoms with Gasteiger partial charge >= 0.3 is 0 Å². The molecule has 0 nitrogen and oxygen atoms in total. The molecule has 0 aromatic carbocycles. The fourth-order valence-corrected chi connectivity index (χ4v) is 13.5. The molecule has 0 aliphatic carbocycles. The molecule has 0 heterocycles. The standard InChI is InChI=1S/C16H36Si2/c1-5-9-13-17-18(14-10-6-2,15-11-7-3)16-12-8-4/h5-16H2,1-4H3. The zero-order chi connectivity index (χ0) is 13.7. The van der Waals surface area contributed by atoms with E-state index in [1.165, 1.54) is 60.4 Å². The van der Waals surface area contributed by atoms with Gasteiger partial charge in [0.1, 0.15) is 0 Å². The second-order valence-corrected chi connectivity index (χ2v) is 15.0. The summed E-state index contributed by atoms with van der Waals surface area (Å²) in [4.78, 5) is 0. The SMILES string of the molecule is CCCC[Si][Si](CCCC)(CCCC)CCCC. The molecule has 2 heteroatoms. The summed E-state index contributed by atoms with van der Waals surface area (Å²) in [5, 5.41) is 0. The number of hydrogen-bond donors (Lipinski definition) is 0. The first-order chi connectivity index (χ1) is 8.74. The highest BCUT2D eigenvalue weighted by molar-refractivity contribution is 7.24. The lowest BCUT2D eigenvalue weighted by Gasteiger charge is -2.32. The molecule has 0 rings (SSSR count). The molecule has 0 aliphatic rings. The second kappa shape index (κ2) is 12.5. The second-order valence-electron chi connectivity index (χ2n) is 5.87. The summed E-state index contributed by atoms with van der Waals surface area (Å²) in [5.41, 5.74) is 0. The van der Waals surface area contributed by atoms with E-state index in [1.807, 2.05) is 0 Å². The lowest BCUT2D eigenvalue weighted by molar-refractivity contribution is 0.803. The highest BCUT2D eigenvalue weighted by atomic mass is 29.2. The van der Waals surface area contributed by atoms with E-state index < -0.39 is 7.59 Å². The topological polar surface area (TPSA) is 0 Å². The zero-order valence-electron chi connectivity index (χ0n) is 13.5. The molecule has 0 spiro atoms. The van der Waals surface area contributed by atoms with Gasteiger partial charge in [-0.15, -0.1) is 0 Å². The van der Waals surface area contributed by atoms with E-state index >= 15 is 0 Å². The molecule has 0 aromatic heterocycles. The minimum atomic E-state index is -0.868. The molecule has 0 saturated heterocycles. The smallest absolute Gasteiger partial charge is 0.0418 e. The average molecular weight is 285 g/mol. The van der Waals surface area contributed by atoms with Crippen molar-refractivity contribution < 1.29 is 0 Å². The van der Waals surface area contributed by atoms with Gasteiger partial charge in [0.2, 0.25) is 0 Å². The van der Waals surface area contributed by atoms with Gasteiger partial charge in [0.05, 0.1) is 0 Å². The van der Waals surface area contributed by atoms with Gasteiger partial charge in [-0.1, -0.05) is 103 Å². The molecule has 0 unspecified atom stereocenters. The summed E-state index contributed by atoms with van der Waals surface area (Å²) in [6.45, 7) is 9.45. The quantitative estimate of drug-likeness (QED) is 0.277. The Balaban J connectivity index is 4.41. The fraction of sp³-hybridized carbons (Fsp3) is 1.00. The molecule has 2 radical (unpaired) electrons. The van der Waals surface area contributed by atoms with E-state index in [1.54, 1.807) is 24.2 Å². The van der Waals surface area contributed by atoms with Gasteiger partial charge in [0.15, 0.2) is 0 Å². The van der Waals surface area contributed by atoms with Crippen molar-refractivity contribution in [1.29, 1.82) is 0 Å². The highest BCUT2D eigenvalue weighted by Gasteiger charge is 2.30. The van der Waals surface area contributed by atoms with E-state index in [2.05, 4.69) is 27.7 Å². The molecule has 0 atom stereocenters. The predicted octanol–water partition coefficient (Wildman–Crippen LogP) is 6.25. The van der Waals surface area contributed by atoms with E-state index in [4.69, 9.17) is 0 Å². The molecule has 108 valence electrons. The lowest BCUT2D eigenvalue weighted by atomic mass is 10.4. The summed E-state index contributed by atoms with van der Waals surface area (Å²) in [6, 6.07) is 6.49. The summed E-state index contributed by atoms with van der Waals surface area (Å²) in [6.07, 6.45) is 11.6. The predicted molar refractivity (Wildman–Crippen MR) is 90.4 cm³/mol. The first kappa shape index (κ1) is 18.4. The van der Waals surface area contributed by atoms with Gasteiger partial charge in [0, 0.05) is 16.6 Å². The largest absolute Gasteiger partial charge is 0.0654 e. The van der Waals surface area contributed by atoms with Crippen molar-refractivity contribution >= 4 is 16.6 Å². The van der Waals surface area contributed by atoms with Crippen LogP contribution in [0.5, 0.6) is 0 Å². The molecule has 0 N–H and O–H groups in total. The van der Waals surface area contributed by atoms with Crippen LogP contribution in [0.4, 0.5) is 0 Å². The Hall–Kier alpha value is 0.434. The molecule has 0 aromatic rings. The normalized spacial score (nSPS) is 12.0. The Morgan fingerprint density at radius 1 is 0.611 bits per heavy atom. The van der Waals surface area contributed by atoms with Gasteiger partial charge in [0.25, 0.3) is 0 Å². The molecule has 0 aliphatic heterocycles. The maximum absolute atomic E-state index is 2.37. The average Bonchev–Trinajstić information content (AvgIpc) is 2.40. The summed E-state index contributed by atoms with van der Waals surface area (Å²) >= 11 is 0. The van der Waals surface area contributed by atoms with Gasteiger partial charge in [-0.25, -0.2) is 0 Å². The number of hydrogen-bond acceptors (Lipinski definition) is 0. The Labute approximate surface area is 120 Å². The first-order valence-corrected chi connectivity index (χ1v) is 13.3. The molecule has 0 amide bonds. The maximum atomic E-state index is 2.37. The molecule has 0 bridgehead atoms. The van der Waals surface area contributed by atoms with Crippen LogP contribution in [0.3, 0.4) is 0 Å². The Kier molecular flexibility index (Phi) is 12.8. The van der Waals surface area contributed by atoms with Crippen LogP contribution in [0.2, 0.25) is 24.2 Å². The molecule has 18 heavy (non-hydrogen) atoms. The summed E-state index contributed by atoms with van der Waals surface area (Å²) in [7, 11) is 0.501. The molecular formula is C16H36Si2. The Morgan fingerprint density at radius 2 is 1.00 bits per heavy atom. The first-order valence-electron chi connectivity index (χ1n) is 8.49. The van der Waals surface area contributed by atoms with Crippen LogP contribution in [-0.2, 0) is 0 Å². The van der Waals surface area contributed by atoms with Crippen LogP contribution >= 0.6 is 0 Å².